The van der Waals surface area contributed by atoms with Crippen LogP contribution in [0.3, 0.4) is 0 Å². The smallest absolute Gasteiger partial charge is 0.256 e. The molecule has 27 heavy (non-hydrogen) atoms. The van der Waals surface area contributed by atoms with Crippen molar-refractivity contribution in [2.75, 3.05) is 12.4 Å². The molecule has 1 heterocycles. The molecule has 0 spiro atoms. The Hall–Kier alpha value is -2.14. The van der Waals surface area contributed by atoms with Gasteiger partial charge in [0.25, 0.3) is 11.8 Å². The normalized spacial score (nSPS) is 16.6. The number of rotatable bonds is 3. The molecule has 2 amide bonds. The van der Waals surface area contributed by atoms with Gasteiger partial charge in [-0.3, -0.25) is 9.59 Å². The molecule has 0 saturated heterocycles. The van der Waals surface area contributed by atoms with Crippen molar-refractivity contribution in [1.82, 2.24) is 5.32 Å². The molecular formula is C22H28N2O2S. The molecule has 1 atom stereocenters. The van der Waals surface area contributed by atoms with E-state index in [2.05, 4.69) is 38.3 Å². The lowest BCUT2D eigenvalue weighted by atomic mass is 9.86. The van der Waals surface area contributed by atoms with Crippen LogP contribution in [0, 0.1) is 5.92 Å². The van der Waals surface area contributed by atoms with Crippen LogP contribution in [0.15, 0.2) is 24.3 Å². The number of fused-ring (bicyclic) bond motifs is 1. The number of carbonyl (C=O) groups is 2. The number of benzene rings is 1. The van der Waals surface area contributed by atoms with Crippen molar-refractivity contribution in [3.05, 3.63) is 51.4 Å². The van der Waals surface area contributed by atoms with Gasteiger partial charge < -0.3 is 10.6 Å². The Bertz CT molecular complexity index is 860. The van der Waals surface area contributed by atoms with E-state index < -0.39 is 0 Å². The van der Waals surface area contributed by atoms with E-state index in [1.807, 2.05) is 24.3 Å². The zero-order valence-electron chi connectivity index (χ0n) is 16.7. The molecule has 4 nitrogen and oxygen atoms in total. The maximum atomic E-state index is 12.8. The Morgan fingerprint density at radius 1 is 1.11 bits per heavy atom. The van der Waals surface area contributed by atoms with E-state index in [1.54, 1.807) is 18.4 Å². The standard InChI is InChI=1S/C22H28N2O2S/c1-13-6-11-16-17(12-13)27-21(18(16)20(26)23-5)24-19(25)14-7-9-15(10-8-14)22(2,3)4/h7-10,13H,6,11-12H2,1-5H3,(H,23,26)(H,24,25). The predicted octanol–water partition coefficient (Wildman–Crippen LogP) is 4.78. The lowest BCUT2D eigenvalue weighted by Gasteiger charge is -2.19. The maximum absolute atomic E-state index is 12.8. The average Bonchev–Trinajstić information content (AvgIpc) is 2.97. The zero-order chi connectivity index (χ0) is 19.8. The van der Waals surface area contributed by atoms with Crippen LogP contribution in [-0.4, -0.2) is 18.9 Å². The highest BCUT2D eigenvalue weighted by Gasteiger charge is 2.28. The minimum absolute atomic E-state index is 0.0465. The predicted molar refractivity (Wildman–Crippen MR) is 112 cm³/mol. The minimum Gasteiger partial charge on any atom is -0.355 e. The summed E-state index contributed by atoms with van der Waals surface area (Å²) in [6.45, 7) is 8.68. The number of hydrogen-bond donors (Lipinski definition) is 2. The number of thiophene rings is 1. The van der Waals surface area contributed by atoms with Crippen LogP contribution in [0.2, 0.25) is 0 Å². The Balaban J connectivity index is 1.88. The van der Waals surface area contributed by atoms with Gasteiger partial charge in [0.15, 0.2) is 0 Å². The molecule has 144 valence electrons. The Kier molecular flexibility index (Phi) is 5.43. The van der Waals surface area contributed by atoms with Crippen molar-refractivity contribution in [1.29, 1.82) is 0 Å². The highest BCUT2D eigenvalue weighted by molar-refractivity contribution is 7.17. The molecule has 5 heteroatoms. The topological polar surface area (TPSA) is 58.2 Å². The van der Waals surface area contributed by atoms with Gasteiger partial charge in [0.2, 0.25) is 0 Å². The van der Waals surface area contributed by atoms with Crippen molar-refractivity contribution in [3.8, 4) is 0 Å². The second kappa shape index (κ2) is 7.47. The van der Waals surface area contributed by atoms with Crippen molar-refractivity contribution in [2.24, 2.45) is 5.92 Å². The molecule has 0 fully saturated rings. The van der Waals surface area contributed by atoms with Gasteiger partial charge in [-0.2, -0.15) is 0 Å². The molecular weight excluding hydrogens is 356 g/mol. The summed E-state index contributed by atoms with van der Waals surface area (Å²) in [5, 5.41) is 6.38. The first kappa shape index (κ1) is 19.6. The van der Waals surface area contributed by atoms with Crippen LogP contribution in [0.5, 0.6) is 0 Å². The Morgan fingerprint density at radius 3 is 2.37 bits per heavy atom. The fraction of sp³-hybridized carbons (Fsp3) is 0.455. The van der Waals surface area contributed by atoms with Crippen LogP contribution in [0.1, 0.15) is 70.8 Å². The van der Waals surface area contributed by atoms with Crippen molar-refractivity contribution in [2.45, 2.75) is 52.4 Å². The number of hydrogen-bond acceptors (Lipinski definition) is 3. The van der Waals surface area contributed by atoms with Crippen LogP contribution in [-0.2, 0) is 18.3 Å². The molecule has 0 aliphatic heterocycles. The lowest BCUT2D eigenvalue weighted by molar-refractivity contribution is 0.0963. The van der Waals surface area contributed by atoms with Crippen LogP contribution < -0.4 is 10.6 Å². The van der Waals surface area contributed by atoms with Crippen LogP contribution in [0.25, 0.3) is 0 Å². The Morgan fingerprint density at radius 2 is 1.78 bits per heavy atom. The summed E-state index contributed by atoms with van der Waals surface area (Å²) in [4.78, 5) is 26.5. The first-order valence-corrected chi connectivity index (χ1v) is 10.3. The number of nitrogens with one attached hydrogen (secondary N) is 2. The molecule has 1 aliphatic rings. The number of anilines is 1. The summed E-state index contributed by atoms with van der Waals surface area (Å²) in [6.07, 6.45) is 2.95. The van der Waals surface area contributed by atoms with E-state index in [9.17, 15) is 9.59 Å². The molecule has 0 saturated carbocycles. The van der Waals surface area contributed by atoms with E-state index in [1.165, 1.54) is 10.4 Å². The zero-order valence-corrected chi connectivity index (χ0v) is 17.5. The van der Waals surface area contributed by atoms with Crippen LogP contribution in [0.4, 0.5) is 5.00 Å². The van der Waals surface area contributed by atoms with Gasteiger partial charge in [0, 0.05) is 17.5 Å². The summed E-state index contributed by atoms with van der Waals surface area (Å²) < 4.78 is 0. The maximum Gasteiger partial charge on any atom is 0.256 e. The first-order valence-electron chi connectivity index (χ1n) is 9.49. The summed E-state index contributed by atoms with van der Waals surface area (Å²) >= 11 is 1.55. The van der Waals surface area contributed by atoms with E-state index in [-0.39, 0.29) is 17.2 Å². The van der Waals surface area contributed by atoms with Crippen LogP contribution >= 0.6 is 11.3 Å². The van der Waals surface area contributed by atoms with Gasteiger partial charge in [0.05, 0.1) is 5.56 Å². The Labute approximate surface area is 165 Å². The van der Waals surface area contributed by atoms with Gasteiger partial charge >= 0.3 is 0 Å². The van der Waals surface area contributed by atoms with E-state index in [4.69, 9.17) is 0 Å². The highest BCUT2D eigenvalue weighted by Crippen LogP contribution is 2.39. The fourth-order valence-electron chi connectivity index (χ4n) is 3.50. The second-order valence-corrected chi connectivity index (χ2v) is 9.52. The van der Waals surface area contributed by atoms with Crippen molar-refractivity contribution >= 4 is 28.2 Å². The quantitative estimate of drug-likeness (QED) is 0.800. The monoisotopic (exact) mass is 384 g/mol. The molecule has 1 unspecified atom stereocenters. The van der Waals surface area contributed by atoms with E-state index in [0.717, 1.165) is 24.8 Å². The molecule has 1 aliphatic carbocycles. The summed E-state index contributed by atoms with van der Waals surface area (Å²) in [7, 11) is 1.63. The summed E-state index contributed by atoms with van der Waals surface area (Å²) in [5.74, 6) is 0.315. The molecule has 1 aromatic carbocycles. The first-order chi connectivity index (χ1) is 12.7. The van der Waals surface area contributed by atoms with E-state index >= 15 is 0 Å². The fourth-order valence-corrected chi connectivity index (χ4v) is 4.90. The van der Waals surface area contributed by atoms with E-state index in [0.29, 0.717) is 22.0 Å². The third kappa shape index (κ3) is 4.08. The minimum atomic E-state index is -0.174. The molecule has 1 aromatic heterocycles. The van der Waals surface area contributed by atoms with Gasteiger partial charge in [0.1, 0.15) is 5.00 Å². The summed E-state index contributed by atoms with van der Waals surface area (Å²) in [5.41, 5.74) is 3.58. The second-order valence-electron chi connectivity index (χ2n) is 8.42. The van der Waals surface area contributed by atoms with Gasteiger partial charge in [-0.05, 0) is 53.9 Å². The SMILES string of the molecule is CNC(=O)c1c(NC(=O)c2ccc(C(C)(C)C)cc2)sc2c1CCC(C)C2. The van der Waals surface area contributed by atoms with Gasteiger partial charge in [-0.15, -0.1) is 11.3 Å². The van der Waals surface area contributed by atoms with Crippen molar-refractivity contribution < 1.29 is 9.59 Å². The molecule has 0 bridgehead atoms. The third-order valence-corrected chi connectivity index (χ3v) is 6.38. The molecule has 2 aromatic rings. The largest absolute Gasteiger partial charge is 0.355 e. The lowest BCUT2D eigenvalue weighted by Crippen LogP contribution is -2.22. The van der Waals surface area contributed by atoms with Gasteiger partial charge in [-0.25, -0.2) is 0 Å². The number of carbonyl (C=O) groups excluding carboxylic acids is 2. The molecule has 0 radical (unpaired) electrons. The summed E-state index contributed by atoms with van der Waals surface area (Å²) in [6, 6.07) is 7.70. The average molecular weight is 385 g/mol. The highest BCUT2D eigenvalue weighted by atomic mass is 32.1. The van der Waals surface area contributed by atoms with Gasteiger partial charge in [-0.1, -0.05) is 39.8 Å². The number of amides is 2. The molecule has 3 rings (SSSR count). The van der Waals surface area contributed by atoms with Crippen molar-refractivity contribution in [3.63, 3.8) is 0 Å². The molecule has 2 N–H and O–H groups in total. The third-order valence-electron chi connectivity index (χ3n) is 5.21.